The van der Waals surface area contributed by atoms with Gasteiger partial charge in [0.2, 0.25) is 10.0 Å². The molecule has 1 aromatic rings. The van der Waals surface area contributed by atoms with E-state index >= 15 is 0 Å². The van der Waals surface area contributed by atoms with Crippen molar-refractivity contribution in [3.63, 3.8) is 0 Å². The molecule has 2 fully saturated rings. The summed E-state index contributed by atoms with van der Waals surface area (Å²) in [6.45, 7) is 1.59. The molecule has 23 heavy (non-hydrogen) atoms. The lowest BCUT2D eigenvalue weighted by Crippen LogP contribution is -2.40. The fraction of sp³-hybridized carbons (Fsp3) is 0.562. The van der Waals surface area contributed by atoms with Crippen molar-refractivity contribution < 1.29 is 13.2 Å². The molecule has 1 heterocycles. The lowest BCUT2D eigenvalue weighted by Gasteiger charge is -2.23. The highest BCUT2D eigenvalue weighted by Crippen LogP contribution is 2.28. The Balaban J connectivity index is 1.77. The van der Waals surface area contributed by atoms with Crippen LogP contribution in [0.5, 0.6) is 0 Å². The van der Waals surface area contributed by atoms with Gasteiger partial charge in [0.15, 0.2) is 0 Å². The molecule has 1 unspecified atom stereocenters. The van der Waals surface area contributed by atoms with Gasteiger partial charge in [-0.3, -0.25) is 4.79 Å². The number of hydrogen-bond donors (Lipinski definition) is 2. The van der Waals surface area contributed by atoms with Crippen molar-refractivity contribution in [2.24, 2.45) is 11.7 Å². The molecule has 1 aliphatic heterocycles. The molecule has 3 rings (SSSR count). The molecule has 1 amide bonds. The number of likely N-dealkylation sites (tertiary alicyclic amines) is 1. The van der Waals surface area contributed by atoms with E-state index in [1.54, 1.807) is 17.0 Å². The molecule has 7 heteroatoms. The predicted octanol–water partition coefficient (Wildman–Crippen LogP) is 0.938. The largest absolute Gasteiger partial charge is 0.334 e. The van der Waals surface area contributed by atoms with Gasteiger partial charge in [-0.15, -0.1) is 0 Å². The third kappa shape index (κ3) is 3.73. The van der Waals surface area contributed by atoms with E-state index in [1.165, 1.54) is 12.1 Å². The van der Waals surface area contributed by atoms with Gasteiger partial charge in [0, 0.05) is 31.2 Å². The van der Waals surface area contributed by atoms with Crippen LogP contribution < -0.4 is 10.5 Å². The predicted molar refractivity (Wildman–Crippen MR) is 87.5 cm³/mol. The standard InChI is InChI=1S/C16H23N3O3S/c17-10-14-4-2-8-19(14)16(20)13-3-1-5-15(9-13)23(21,22)18-11-12-6-7-12/h1,3,5,9,12,14,18H,2,4,6-8,10-11,17H2. The first-order valence-corrected chi connectivity index (χ1v) is 9.60. The van der Waals surface area contributed by atoms with E-state index in [0.717, 1.165) is 25.7 Å². The molecular weight excluding hydrogens is 314 g/mol. The lowest BCUT2D eigenvalue weighted by molar-refractivity contribution is 0.0741. The number of nitrogens with one attached hydrogen (secondary N) is 1. The van der Waals surface area contributed by atoms with Gasteiger partial charge < -0.3 is 10.6 Å². The van der Waals surface area contributed by atoms with Crippen LogP contribution in [0.2, 0.25) is 0 Å². The summed E-state index contributed by atoms with van der Waals surface area (Å²) in [6, 6.07) is 6.32. The van der Waals surface area contributed by atoms with E-state index in [1.807, 2.05) is 0 Å². The summed E-state index contributed by atoms with van der Waals surface area (Å²) in [7, 11) is -3.56. The number of hydrogen-bond acceptors (Lipinski definition) is 4. The third-order valence-electron chi connectivity index (χ3n) is 4.56. The number of benzene rings is 1. The van der Waals surface area contributed by atoms with Crippen LogP contribution in [-0.2, 0) is 10.0 Å². The first-order chi connectivity index (χ1) is 11.0. The number of carbonyl (C=O) groups excluding carboxylic acids is 1. The molecule has 1 atom stereocenters. The number of amides is 1. The van der Waals surface area contributed by atoms with Crippen molar-refractivity contribution in [3.8, 4) is 0 Å². The monoisotopic (exact) mass is 337 g/mol. The SMILES string of the molecule is NCC1CCCN1C(=O)c1cccc(S(=O)(=O)NCC2CC2)c1. The van der Waals surface area contributed by atoms with Crippen molar-refractivity contribution in [1.82, 2.24) is 9.62 Å². The minimum absolute atomic E-state index is 0.0516. The zero-order chi connectivity index (χ0) is 16.4. The summed E-state index contributed by atoms with van der Waals surface area (Å²) in [5.41, 5.74) is 6.12. The van der Waals surface area contributed by atoms with Crippen molar-refractivity contribution in [3.05, 3.63) is 29.8 Å². The normalized spacial score (nSPS) is 21.6. The van der Waals surface area contributed by atoms with E-state index < -0.39 is 10.0 Å². The zero-order valence-corrected chi connectivity index (χ0v) is 13.9. The highest BCUT2D eigenvalue weighted by molar-refractivity contribution is 7.89. The topological polar surface area (TPSA) is 92.5 Å². The molecule has 1 saturated heterocycles. The lowest BCUT2D eigenvalue weighted by atomic mass is 10.1. The van der Waals surface area contributed by atoms with Crippen LogP contribution in [0.3, 0.4) is 0 Å². The first kappa shape index (κ1) is 16.4. The van der Waals surface area contributed by atoms with Gasteiger partial charge in [-0.2, -0.15) is 0 Å². The molecule has 1 saturated carbocycles. The summed E-state index contributed by atoms with van der Waals surface area (Å²) in [4.78, 5) is 14.5. The van der Waals surface area contributed by atoms with Gasteiger partial charge in [-0.1, -0.05) is 6.07 Å². The Labute approximate surface area is 137 Å². The quantitative estimate of drug-likeness (QED) is 0.808. The second-order valence-electron chi connectivity index (χ2n) is 6.35. The molecule has 0 bridgehead atoms. The van der Waals surface area contributed by atoms with E-state index in [0.29, 0.717) is 31.1 Å². The summed E-state index contributed by atoms with van der Waals surface area (Å²) >= 11 is 0. The van der Waals surface area contributed by atoms with E-state index in [2.05, 4.69) is 4.72 Å². The van der Waals surface area contributed by atoms with Crippen LogP contribution in [-0.4, -0.2) is 44.9 Å². The molecule has 6 nitrogen and oxygen atoms in total. The maximum absolute atomic E-state index is 12.6. The van der Waals surface area contributed by atoms with Crippen molar-refractivity contribution in [2.45, 2.75) is 36.6 Å². The molecule has 0 spiro atoms. The van der Waals surface area contributed by atoms with Gasteiger partial charge in [0.05, 0.1) is 4.90 Å². The maximum Gasteiger partial charge on any atom is 0.254 e. The Morgan fingerprint density at radius 1 is 1.30 bits per heavy atom. The third-order valence-corrected chi connectivity index (χ3v) is 5.98. The molecule has 1 aliphatic carbocycles. The molecule has 1 aromatic carbocycles. The average molecular weight is 337 g/mol. The van der Waals surface area contributed by atoms with Gasteiger partial charge >= 0.3 is 0 Å². The number of sulfonamides is 1. The Morgan fingerprint density at radius 2 is 2.09 bits per heavy atom. The zero-order valence-electron chi connectivity index (χ0n) is 13.1. The van der Waals surface area contributed by atoms with Gasteiger partial charge in [-0.25, -0.2) is 13.1 Å². The summed E-state index contributed by atoms with van der Waals surface area (Å²) in [5, 5.41) is 0. The second-order valence-corrected chi connectivity index (χ2v) is 8.12. The molecule has 3 N–H and O–H groups in total. The number of rotatable bonds is 6. The molecule has 126 valence electrons. The van der Waals surface area contributed by atoms with E-state index in [9.17, 15) is 13.2 Å². The van der Waals surface area contributed by atoms with Crippen LogP contribution in [0.4, 0.5) is 0 Å². The Bertz CT molecular complexity index is 686. The van der Waals surface area contributed by atoms with E-state index in [4.69, 9.17) is 5.73 Å². The fourth-order valence-electron chi connectivity index (χ4n) is 2.94. The summed E-state index contributed by atoms with van der Waals surface area (Å²) in [6.07, 6.45) is 4.00. The highest BCUT2D eigenvalue weighted by atomic mass is 32.2. The van der Waals surface area contributed by atoms with Crippen LogP contribution in [0.1, 0.15) is 36.0 Å². The number of nitrogens with two attached hydrogens (primary N) is 1. The second kappa shape index (κ2) is 6.59. The summed E-state index contributed by atoms with van der Waals surface area (Å²) < 4.78 is 27.3. The van der Waals surface area contributed by atoms with Gasteiger partial charge in [0.25, 0.3) is 5.91 Å². The van der Waals surface area contributed by atoms with Crippen molar-refractivity contribution in [1.29, 1.82) is 0 Å². The molecular formula is C16H23N3O3S. The first-order valence-electron chi connectivity index (χ1n) is 8.12. The maximum atomic E-state index is 12.6. The van der Waals surface area contributed by atoms with Gasteiger partial charge in [0.1, 0.15) is 0 Å². The Morgan fingerprint density at radius 3 is 2.78 bits per heavy atom. The van der Waals surface area contributed by atoms with Crippen molar-refractivity contribution in [2.75, 3.05) is 19.6 Å². The fourth-order valence-corrected chi connectivity index (χ4v) is 4.10. The summed E-state index contributed by atoms with van der Waals surface area (Å²) in [5.74, 6) is 0.321. The number of carbonyl (C=O) groups is 1. The number of nitrogens with zero attached hydrogens (tertiary/aromatic N) is 1. The van der Waals surface area contributed by atoms with Crippen LogP contribution in [0.15, 0.2) is 29.2 Å². The highest BCUT2D eigenvalue weighted by Gasteiger charge is 2.29. The minimum Gasteiger partial charge on any atom is -0.334 e. The minimum atomic E-state index is -3.56. The smallest absolute Gasteiger partial charge is 0.254 e. The Hall–Kier alpha value is -1.44. The average Bonchev–Trinajstić information content (AvgIpc) is 3.27. The Kier molecular flexibility index (Phi) is 4.70. The van der Waals surface area contributed by atoms with Crippen LogP contribution in [0.25, 0.3) is 0 Å². The van der Waals surface area contributed by atoms with Crippen molar-refractivity contribution >= 4 is 15.9 Å². The van der Waals surface area contributed by atoms with E-state index in [-0.39, 0.29) is 16.8 Å². The molecule has 2 aliphatic rings. The molecule has 0 aromatic heterocycles. The van der Waals surface area contributed by atoms with Gasteiger partial charge in [-0.05, 0) is 49.8 Å². The van der Waals surface area contributed by atoms with Crippen LogP contribution in [0, 0.1) is 5.92 Å². The molecule has 0 radical (unpaired) electrons. The van der Waals surface area contributed by atoms with Crippen LogP contribution >= 0.6 is 0 Å².